The molecular weight excluding hydrogens is 256 g/mol. The number of likely N-dealkylation sites (tertiary alicyclic amines) is 1. The average molecular weight is 284 g/mol. The maximum Gasteiger partial charge on any atom is 0.0795 e. The molecule has 4 heteroatoms. The van der Waals surface area contributed by atoms with Crippen molar-refractivity contribution in [1.82, 2.24) is 4.90 Å². The molecule has 3 heterocycles. The first kappa shape index (κ1) is 14.2. The Kier molecular flexibility index (Phi) is 4.73. The highest BCUT2D eigenvalue weighted by atomic mass is 32.2. The lowest BCUT2D eigenvalue weighted by molar-refractivity contribution is -0.0915. The number of nitrogens with zero attached hydrogens (tertiary/aromatic N) is 1. The molecule has 3 atom stereocenters. The third-order valence-corrected chi connectivity index (χ3v) is 6.39. The van der Waals surface area contributed by atoms with Crippen LogP contribution in [0, 0.1) is 0 Å². The van der Waals surface area contributed by atoms with Gasteiger partial charge in [-0.1, -0.05) is 0 Å². The zero-order valence-corrected chi connectivity index (χ0v) is 12.8. The van der Waals surface area contributed by atoms with E-state index in [1.807, 2.05) is 0 Å². The van der Waals surface area contributed by atoms with Gasteiger partial charge in [0.1, 0.15) is 0 Å². The van der Waals surface area contributed by atoms with Crippen LogP contribution in [0.3, 0.4) is 0 Å². The summed E-state index contributed by atoms with van der Waals surface area (Å²) >= 11 is 2.08. The van der Waals surface area contributed by atoms with Crippen LogP contribution in [0.1, 0.15) is 44.9 Å². The second-order valence-corrected chi connectivity index (χ2v) is 7.55. The number of hydrogen-bond acceptors (Lipinski definition) is 4. The second kappa shape index (κ2) is 6.33. The van der Waals surface area contributed by atoms with Gasteiger partial charge in [0.2, 0.25) is 0 Å². The molecule has 3 fully saturated rings. The number of nitrogens with two attached hydrogens (primary N) is 1. The molecule has 1 spiro atoms. The maximum atomic E-state index is 6.17. The highest BCUT2D eigenvalue weighted by Crippen LogP contribution is 2.41. The van der Waals surface area contributed by atoms with Crippen molar-refractivity contribution in [2.75, 3.05) is 31.2 Å². The zero-order valence-electron chi connectivity index (χ0n) is 12.0. The standard InChI is InChI=1S/C15H28N2OS/c16-7-1-3-13-4-2-8-17(13)14-5-9-18-15(11-14)6-10-19-12-15/h13-14H,1-12,16H2. The van der Waals surface area contributed by atoms with Gasteiger partial charge >= 0.3 is 0 Å². The van der Waals surface area contributed by atoms with E-state index in [2.05, 4.69) is 16.7 Å². The van der Waals surface area contributed by atoms with Crippen LogP contribution in [0.5, 0.6) is 0 Å². The summed E-state index contributed by atoms with van der Waals surface area (Å²) in [6.07, 6.45) is 9.05. The van der Waals surface area contributed by atoms with Gasteiger partial charge in [-0.25, -0.2) is 0 Å². The first-order valence-electron chi connectivity index (χ1n) is 8.00. The predicted molar refractivity (Wildman–Crippen MR) is 81.7 cm³/mol. The normalized spacial score (nSPS) is 40.3. The number of hydrogen-bond donors (Lipinski definition) is 1. The molecule has 0 radical (unpaired) electrons. The fourth-order valence-electron chi connectivity index (χ4n) is 4.15. The van der Waals surface area contributed by atoms with E-state index in [1.165, 1.54) is 63.0 Å². The summed E-state index contributed by atoms with van der Waals surface area (Å²) in [7, 11) is 0. The molecule has 19 heavy (non-hydrogen) atoms. The van der Waals surface area contributed by atoms with E-state index in [0.717, 1.165) is 25.2 Å². The van der Waals surface area contributed by atoms with Crippen LogP contribution < -0.4 is 5.73 Å². The largest absolute Gasteiger partial charge is 0.374 e. The molecule has 0 amide bonds. The Bertz CT molecular complexity index is 294. The molecule has 3 unspecified atom stereocenters. The Morgan fingerprint density at radius 3 is 3.11 bits per heavy atom. The van der Waals surface area contributed by atoms with Crippen LogP contribution in [-0.4, -0.2) is 53.8 Å². The topological polar surface area (TPSA) is 38.5 Å². The van der Waals surface area contributed by atoms with E-state index in [4.69, 9.17) is 10.5 Å². The summed E-state index contributed by atoms with van der Waals surface area (Å²) in [6.45, 7) is 3.13. The first-order chi connectivity index (χ1) is 9.33. The van der Waals surface area contributed by atoms with Crippen molar-refractivity contribution in [3.63, 3.8) is 0 Å². The summed E-state index contributed by atoms with van der Waals surface area (Å²) in [6, 6.07) is 1.58. The van der Waals surface area contributed by atoms with E-state index >= 15 is 0 Å². The van der Waals surface area contributed by atoms with Crippen molar-refractivity contribution >= 4 is 11.8 Å². The minimum atomic E-state index is 0.231. The Balaban J connectivity index is 1.60. The number of rotatable bonds is 4. The van der Waals surface area contributed by atoms with Crippen molar-refractivity contribution < 1.29 is 4.74 Å². The van der Waals surface area contributed by atoms with Gasteiger partial charge < -0.3 is 10.5 Å². The third kappa shape index (κ3) is 3.12. The lowest BCUT2D eigenvalue weighted by atomic mass is 9.88. The zero-order chi connectivity index (χ0) is 13.1. The molecule has 3 aliphatic rings. The highest BCUT2D eigenvalue weighted by Gasteiger charge is 2.43. The summed E-state index contributed by atoms with van der Waals surface area (Å²) in [5.41, 5.74) is 5.91. The van der Waals surface area contributed by atoms with Crippen molar-refractivity contribution in [2.24, 2.45) is 5.73 Å². The molecule has 0 aromatic rings. The van der Waals surface area contributed by atoms with E-state index in [9.17, 15) is 0 Å². The van der Waals surface area contributed by atoms with Crippen LogP contribution in [0.15, 0.2) is 0 Å². The van der Waals surface area contributed by atoms with Crippen LogP contribution in [0.2, 0.25) is 0 Å². The summed E-state index contributed by atoms with van der Waals surface area (Å²) in [5, 5.41) is 0. The molecule has 110 valence electrons. The molecular formula is C15H28N2OS. The lowest BCUT2D eigenvalue weighted by Crippen LogP contribution is -2.50. The van der Waals surface area contributed by atoms with Crippen LogP contribution in [-0.2, 0) is 4.74 Å². The van der Waals surface area contributed by atoms with Crippen molar-refractivity contribution in [2.45, 2.75) is 62.6 Å². The van der Waals surface area contributed by atoms with Gasteiger partial charge in [0, 0.05) is 24.4 Å². The molecule has 0 aromatic heterocycles. The molecule has 0 aromatic carbocycles. The Morgan fingerprint density at radius 1 is 1.37 bits per heavy atom. The molecule has 3 rings (SSSR count). The minimum Gasteiger partial charge on any atom is -0.374 e. The minimum absolute atomic E-state index is 0.231. The fraction of sp³-hybridized carbons (Fsp3) is 1.00. The quantitative estimate of drug-likeness (QED) is 0.859. The number of thioether (sulfide) groups is 1. The maximum absolute atomic E-state index is 6.17. The van der Waals surface area contributed by atoms with E-state index < -0.39 is 0 Å². The molecule has 0 saturated carbocycles. The van der Waals surface area contributed by atoms with E-state index in [-0.39, 0.29) is 5.60 Å². The average Bonchev–Trinajstić information content (AvgIpc) is 3.06. The van der Waals surface area contributed by atoms with Gasteiger partial charge in [0.15, 0.2) is 0 Å². The van der Waals surface area contributed by atoms with Gasteiger partial charge in [0.25, 0.3) is 0 Å². The Hall–Kier alpha value is 0.230. The highest BCUT2D eigenvalue weighted by molar-refractivity contribution is 7.99. The molecule has 2 N–H and O–H groups in total. The van der Waals surface area contributed by atoms with Crippen molar-refractivity contribution in [3.05, 3.63) is 0 Å². The fourth-order valence-corrected chi connectivity index (χ4v) is 5.53. The summed E-state index contributed by atoms with van der Waals surface area (Å²) in [4.78, 5) is 2.81. The molecule has 0 bridgehead atoms. The van der Waals surface area contributed by atoms with Gasteiger partial charge in [-0.2, -0.15) is 11.8 Å². The molecule has 0 aliphatic carbocycles. The Labute approximate surface area is 121 Å². The smallest absolute Gasteiger partial charge is 0.0795 e. The second-order valence-electron chi connectivity index (χ2n) is 6.45. The van der Waals surface area contributed by atoms with Gasteiger partial charge in [-0.3, -0.25) is 4.90 Å². The third-order valence-electron chi connectivity index (χ3n) is 5.17. The van der Waals surface area contributed by atoms with Gasteiger partial charge in [-0.05, 0) is 63.8 Å². The van der Waals surface area contributed by atoms with Gasteiger partial charge in [0.05, 0.1) is 5.60 Å². The monoisotopic (exact) mass is 284 g/mol. The van der Waals surface area contributed by atoms with Crippen LogP contribution in [0.4, 0.5) is 0 Å². The van der Waals surface area contributed by atoms with Gasteiger partial charge in [-0.15, -0.1) is 0 Å². The van der Waals surface area contributed by atoms with E-state index in [1.54, 1.807) is 0 Å². The first-order valence-corrected chi connectivity index (χ1v) is 9.16. The summed E-state index contributed by atoms with van der Waals surface area (Å²) in [5.74, 6) is 2.52. The van der Waals surface area contributed by atoms with Crippen LogP contribution in [0.25, 0.3) is 0 Å². The van der Waals surface area contributed by atoms with E-state index in [0.29, 0.717) is 0 Å². The summed E-state index contributed by atoms with van der Waals surface area (Å²) < 4.78 is 6.17. The van der Waals surface area contributed by atoms with Crippen molar-refractivity contribution in [1.29, 1.82) is 0 Å². The molecule has 3 saturated heterocycles. The number of ether oxygens (including phenoxy) is 1. The molecule has 3 nitrogen and oxygen atoms in total. The predicted octanol–water partition coefficient (Wildman–Crippen LogP) is 2.24. The lowest BCUT2D eigenvalue weighted by Gasteiger charge is -2.43. The Morgan fingerprint density at radius 2 is 2.32 bits per heavy atom. The van der Waals surface area contributed by atoms with Crippen molar-refractivity contribution in [3.8, 4) is 0 Å². The SMILES string of the molecule is NCCCC1CCCN1C1CCOC2(CCSC2)C1. The van der Waals surface area contributed by atoms with Crippen LogP contribution >= 0.6 is 11.8 Å². The molecule has 3 aliphatic heterocycles.